The smallest absolute Gasteiger partial charge is 0.163 e. The number of hydrogen-bond donors (Lipinski definition) is 1. The maximum Gasteiger partial charge on any atom is 0.163 e. The van der Waals surface area contributed by atoms with E-state index in [9.17, 15) is 0 Å². The van der Waals surface area contributed by atoms with Gasteiger partial charge in [-0.3, -0.25) is 4.68 Å². The molecule has 8 heteroatoms. The molecule has 0 atom stereocenters. The Balaban J connectivity index is 1.65. The van der Waals surface area contributed by atoms with Crippen molar-refractivity contribution < 1.29 is 0 Å². The lowest BCUT2D eigenvalue weighted by molar-refractivity contribution is 0.785. The first kappa shape index (κ1) is 13.7. The molecule has 1 N–H and O–H groups in total. The van der Waals surface area contributed by atoms with Crippen molar-refractivity contribution >= 4 is 34.1 Å². The van der Waals surface area contributed by atoms with Crippen LogP contribution in [0.5, 0.6) is 0 Å². The summed E-state index contributed by atoms with van der Waals surface area (Å²) in [5, 5.41) is 13.3. The van der Waals surface area contributed by atoms with Crippen molar-refractivity contribution in [3.8, 4) is 5.69 Å². The fourth-order valence-electron chi connectivity index (χ4n) is 2.32. The second-order valence-corrected chi connectivity index (χ2v) is 5.44. The maximum atomic E-state index is 5.91. The van der Waals surface area contributed by atoms with Gasteiger partial charge in [-0.1, -0.05) is 11.6 Å². The molecule has 7 nitrogen and oxygen atoms in total. The highest BCUT2D eigenvalue weighted by molar-refractivity contribution is 6.30. The Kier molecular flexibility index (Phi) is 3.20. The topological polar surface area (TPSA) is 73.5 Å². The van der Waals surface area contributed by atoms with Crippen LogP contribution in [-0.4, -0.2) is 29.5 Å². The van der Waals surface area contributed by atoms with Crippen LogP contribution in [-0.2, 0) is 7.05 Å². The normalized spacial score (nSPS) is 11.0. The number of benzene rings is 1. The molecule has 0 amide bonds. The van der Waals surface area contributed by atoms with Gasteiger partial charge in [0.2, 0.25) is 0 Å². The third-order valence-corrected chi connectivity index (χ3v) is 3.72. The van der Waals surface area contributed by atoms with Crippen LogP contribution in [0.2, 0.25) is 5.02 Å². The quantitative estimate of drug-likeness (QED) is 0.627. The van der Waals surface area contributed by atoms with Gasteiger partial charge in [0, 0.05) is 12.1 Å². The number of halogens is 1. The lowest BCUT2D eigenvalue weighted by Crippen LogP contribution is -1.97. The Morgan fingerprint density at radius 1 is 1.04 bits per heavy atom. The number of aryl methyl sites for hydroxylation is 1. The van der Waals surface area contributed by atoms with Gasteiger partial charge in [0.05, 0.1) is 35.4 Å². The van der Waals surface area contributed by atoms with Crippen LogP contribution in [0.3, 0.4) is 0 Å². The van der Waals surface area contributed by atoms with Crippen molar-refractivity contribution in [2.75, 3.05) is 5.32 Å². The van der Waals surface area contributed by atoms with Crippen LogP contribution in [0, 0.1) is 0 Å². The summed E-state index contributed by atoms with van der Waals surface area (Å²) in [5.41, 5.74) is 2.52. The van der Waals surface area contributed by atoms with Crippen LogP contribution < -0.4 is 5.32 Å². The molecule has 0 fully saturated rings. The van der Waals surface area contributed by atoms with Gasteiger partial charge >= 0.3 is 0 Å². The number of nitrogens with one attached hydrogen (secondary N) is 1. The molecule has 0 spiro atoms. The Bertz CT molecular complexity index is 971. The predicted octanol–water partition coefficient (Wildman–Crippen LogP) is 2.95. The lowest BCUT2D eigenvalue weighted by atomic mass is 10.3. The molecule has 3 heterocycles. The van der Waals surface area contributed by atoms with Gasteiger partial charge < -0.3 is 5.32 Å². The van der Waals surface area contributed by atoms with E-state index in [-0.39, 0.29) is 0 Å². The molecule has 0 unspecified atom stereocenters. The van der Waals surface area contributed by atoms with Gasteiger partial charge in [0.1, 0.15) is 12.1 Å². The van der Waals surface area contributed by atoms with Crippen molar-refractivity contribution in [1.82, 2.24) is 29.5 Å². The summed E-state index contributed by atoms with van der Waals surface area (Å²) in [6, 6.07) is 7.47. The molecule has 4 aromatic rings. The fourth-order valence-corrected chi connectivity index (χ4v) is 2.45. The molecule has 0 aliphatic heterocycles. The number of nitrogens with zero attached hydrogens (tertiary/aromatic N) is 6. The van der Waals surface area contributed by atoms with E-state index < -0.39 is 0 Å². The Morgan fingerprint density at radius 3 is 2.70 bits per heavy atom. The number of hydrogen-bond acceptors (Lipinski definition) is 5. The maximum absolute atomic E-state index is 5.91. The van der Waals surface area contributed by atoms with Gasteiger partial charge in [0.15, 0.2) is 5.65 Å². The van der Waals surface area contributed by atoms with Crippen molar-refractivity contribution in [2.45, 2.75) is 0 Å². The molecule has 3 aromatic heterocycles. The number of fused-ring (bicyclic) bond motifs is 1. The minimum Gasteiger partial charge on any atom is -0.337 e. The molecule has 1 aromatic carbocycles. The third-order valence-electron chi connectivity index (χ3n) is 3.47. The Hall–Kier alpha value is -2.93. The van der Waals surface area contributed by atoms with E-state index in [0.29, 0.717) is 10.8 Å². The average Bonchev–Trinajstić information content (AvgIpc) is 3.17. The molecule has 0 aliphatic carbocycles. The highest BCUT2D eigenvalue weighted by atomic mass is 35.5. The summed E-state index contributed by atoms with van der Waals surface area (Å²) in [7, 11) is 1.84. The molecule has 0 saturated heterocycles. The molecule has 0 saturated carbocycles. The van der Waals surface area contributed by atoms with Crippen LogP contribution in [0.1, 0.15) is 0 Å². The van der Waals surface area contributed by atoms with Crippen molar-refractivity contribution in [3.05, 3.63) is 54.2 Å². The minimum atomic E-state index is 0.693. The molecule has 0 aliphatic rings. The number of anilines is 2. The zero-order chi connectivity index (χ0) is 15.8. The van der Waals surface area contributed by atoms with Crippen LogP contribution in [0.25, 0.3) is 16.7 Å². The predicted molar refractivity (Wildman–Crippen MR) is 88.2 cm³/mol. The highest BCUT2D eigenvalue weighted by Gasteiger charge is 2.09. The van der Waals surface area contributed by atoms with Gasteiger partial charge in [-0.15, -0.1) is 0 Å². The molecular formula is C15H12ClN7. The molecule has 0 radical (unpaired) electrons. The van der Waals surface area contributed by atoms with E-state index in [0.717, 1.165) is 22.4 Å². The van der Waals surface area contributed by atoms with E-state index in [1.54, 1.807) is 21.8 Å². The largest absolute Gasteiger partial charge is 0.337 e. The highest BCUT2D eigenvalue weighted by Crippen LogP contribution is 2.22. The van der Waals surface area contributed by atoms with E-state index in [4.69, 9.17) is 11.6 Å². The SMILES string of the molecule is Cn1ncc2c(Nc3cnn(-c4ccc(Cl)cc4)c3)ncnc21. The second kappa shape index (κ2) is 5.36. The average molecular weight is 326 g/mol. The summed E-state index contributed by atoms with van der Waals surface area (Å²) < 4.78 is 3.47. The van der Waals surface area contributed by atoms with E-state index in [1.165, 1.54) is 6.33 Å². The number of rotatable bonds is 3. The fraction of sp³-hybridized carbons (Fsp3) is 0.0667. The summed E-state index contributed by atoms with van der Waals surface area (Å²) in [4.78, 5) is 8.50. The van der Waals surface area contributed by atoms with Crippen LogP contribution in [0.15, 0.2) is 49.2 Å². The number of aromatic nitrogens is 6. The lowest BCUT2D eigenvalue weighted by Gasteiger charge is -2.03. The van der Waals surface area contributed by atoms with Crippen molar-refractivity contribution in [1.29, 1.82) is 0 Å². The van der Waals surface area contributed by atoms with Gasteiger partial charge in [-0.25, -0.2) is 14.6 Å². The first-order chi connectivity index (χ1) is 11.2. The zero-order valence-corrected chi connectivity index (χ0v) is 12.9. The summed E-state index contributed by atoms with van der Waals surface area (Å²) in [5.74, 6) is 0.693. The molecule has 114 valence electrons. The molecular weight excluding hydrogens is 314 g/mol. The summed E-state index contributed by atoms with van der Waals surface area (Å²) in [6.07, 6.45) is 6.86. The van der Waals surface area contributed by atoms with Crippen LogP contribution >= 0.6 is 11.6 Å². The molecule has 0 bridgehead atoms. The monoisotopic (exact) mass is 325 g/mol. The van der Waals surface area contributed by atoms with E-state index in [1.807, 2.05) is 37.5 Å². The van der Waals surface area contributed by atoms with Crippen molar-refractivity contribution in [3.63, 3.8) is 0 Å². The van der Waals surface area contributed by atoms with E-state index in [2.05, 4.69) is 25.5 Å². The standard InChI is InChI=1S/C15H12ClN7/c1-22-15-13(7-19-22)14(17-9-18-15)21-11-6-20-23(8-11)12-4-2-10(16)3-5-12/h2-9H,1H3,(H,17,18,21). The first-order valence-electron chi connectivity index (χ1n) is 6.91. The van der Waals surface area contributed by atoms with Gasteiger partial charge in [-0.2, -0.15) is 10.2 Å². The van der Waals surface area contributed by atoms with Gasteiger partial charge in [0.25, 0.3) is 0 Å². The Labute approximate surface area is 136 Å². The van der Waals surface area contributed by atoms with Gasteiger partial charge in [-0.05, 0) is 24.3 Å². The van der Waals surface area contributed by atoms with Crippen LogP contribution in [0.4, 0.5) is 11.5 Å². The molecule has 4 rings (SSSR count). The minimum absolute atomic E-state index is 0.693. The third kappa shape index (κ3) is 2.51. The van der Waals surface area contributed by atoms with Crippen molar-refractivity contribution in [2.24, 2.45) is 7.05 Å². The summed E-state index contributed by atoms with van der Waals surface area (Å²) >= 11 is 5.91. The summed E-state index contributed by atoms with van der Waals surface area (Å²) in [6.45, 7) is 0. The van der Waals surface area contributed by atoms with E-state index >= 15 is 0 Å². The first-order valence-corrected chi connectivity index (χ1v) is 7.29. The Morgan fingerprint density at radius 2 is 1.87 bits per heavy atom. The zero-order valence-electron chi connectivity index (χ0n) is 12.2. The second-order valence-electron chi connectivity index (χ2n) is 5.00. The molecule has 23 heavy (non-hydrogen) atoms.